The molecule has 0 bridgehead atoms. The molecule has 1 aromatic carbocycles. The van der Waals surface area contributed by atoms with Crippen molar-refractivity contribution in [3.63, 3.8) is 0 Å². The first-order valence-electron chi connectivity index (χ1n) is 9.61. The van der Waals surface area contributed by atoms with Gasteiger partial charge in [-0.05, 0) is 55.7 Å². The van der Waals surface area contributed by atoms with Crippen LogP contribution in [-0.4, -0.2) is 50.3 Å². The Morgan fingerprint density at radius 1 is 1.15 bits per heavy atom. The highest BCUT2D eigenvalue weighted by atomic mass is 19.4. The second kappa shape index (κ2) is 6.71. The summed E-state index contributed by atoms with van der Waals surface area (Å²) in [6.45, 7) is 4.95. The molecule has 1 aromatic rings. The van der Waals surface area contributed by atoms with Gasteiger partial charge in [-0.3, -0.25) is 0 Å². The van der Waals surface area contributed by atoms with Crippen LogP contribution in [0.5, 0.6) is 0 Å². The zero-order valence-corrected chi connectivity index (χ0v) is 15.3. The molecule has 6 heteroatoms. The molecule has 2 fully saturated rings. The molecule has 0 atom stereocenters. The molecule has 2 saturated heterocycles. The normalized spacial score (nSPS) is 24.2. The Bertz CT molecular complexity index is 647. The fourth-order valence-electron chi connectivity index (χ4n) is 4.89. The summed E-state index contributed by atoms with van der Waals surface area (Å²) < 4.78 is 44.6. The van der Waals surface area contributed by atoms with Crippen LogP contribution in [0.15, 0.2) is 18.2 Å². The second-order valence-corrected chi connectivity index (χ2v) is 8.16. The van der Waals surface area contributed by atoms with Crippen LogP contribution >= 0.6 is 0 Å². The first-order valence-corrected chi connectivity index (χ1v) is 9.61. The van der Waals surface area contributed by atoms with Crippen molar-refractivity contribution in [3.8, 4) is 0 Å². The number of halogens is 3. The molecule has 3 nitrogen and oxygen atoms in total. The molecule has 4 rings (SSSR count). The van der Waals surface area contributed by atoms with Gasteiger partial charge >= 0.3 is 6.18 Å². The Morgan fingerprint density at radius 2 is 1.85 bits per heavy atom. The van der Waals surface area contributed by atoms with Crippen LogP contribution < -0.4 is 4.90 Å². The zero-order chi connectivity index (χ0) is 18.4. The molecule has 0 radical (unpaired) electrons. The molecule has 3 aliphatic rings. The Morgan fingerprint density at radius 3 is 2.50 bits per heavy atom. The van der Waals surface area contributed by atoms with Gasteiger partial charge in [0.2, 0.25) is 0 Å². The van der Waals surface area contributed by atoms with E-state index in [4.69, 9.17) is 4.74 Å². The maximum Gasteiger partial charge on any atom is 0.416 e. The standard InChI is InChI=1S/C20H27F3N2O/c1-24-18-12-17(20(21,22)23)3-2-16(18)13-19(24)6-8-25(9-7-19)14-15-4-10-26-11-5-15/h2-3,12,15H,4-11,13-14H2,1H3. The van der Waals surface area contributed by atoms with Gasteiger partial charge in [0.1, 0.15) is 0 Å². The number of hydrogen-bond acceptors (Lipinski definition) is 3. The number of nitrogens with zero attached hydrogens (tertiary/aromatic N) is 2. The van der Waals surface area contributed by atoms with Crippen LogP contribution in [-0.2, 0) is 17.3 Å². The van der Waals surface area contributed by atoms with E-state index in [1.54, 1.807) is 6.07 Å². The van der Waals surface area contributed by atoms with Crippen LogP contribution in [0, 0.1) is 5.92 Å². The lowest BCUT2D eigenvalue weighted by Gasteiger charge is -2.45. The van der Waals surface area contributed by atoms with Crippen LogP contribution in [0.2, 0.25) is 0 Å². The number of hydrogen-bond donors (Lipinski definition) is 0. The molecule has 0 saturated carbocycles. The third-order valence-corrected chi connectivity index (χ3v) is 6.65. The molecule has 26 heavy (non-hydrogen) atoms. The molecule has 0 amide bonds. The number of anilines is 1. The number of rotatable bonds is 2. The number of piperidine rings is 1. The fourth-order valence-corrected chi connectivity index (χ4v) is 4.89. The number of benzene rings is 1. The summed E-state index contributed by atoms with van der Waals surface area (Å²) in [6, 6.07) is 4.24. The van der Waals surface area contributed by atoms with Crippen molar-refractivity contribution in [1.82, 2.24) is 4.90 Å². The van der Waals surface area contributed by atoms with Gasteiger partial charge in [0.15, 0.2) is 0 Å². The third kappa shape index (κ3) is 3.33. The SMILES string of the molecule is CN1c2cc(C(F)(F)F)ccc2CC12CCN(CC1CCOCC1)CC2. The van der Waals surface area contributed by atoms with Crippen molar-refractivity contribution in [1.29, 1.82) is 0 Å². The first kappa shape index (κ1) is 18.1. The van der Waals surface area contributed by atoms with Gasteiger partial charge in [0.05, 0.1) is 5.56 Å². The van der Waals surface area contributed by atoms with Gasteiger partial charge in [-0.1, -0.05) is 6.07 Å². The molecule has 1 spiro atoms. The van der Waals surface area contributed by atoms with Crippen LogP contribution in [0.25, 0.3) is 0 Å². The van der Waals surface area contributed by atoms with E-state index in [0.29, 0.717) is 0 Å². The van der Waals surface area contributed by atoms with Gasteiger partial charge in [-0.2, -0.15) is 13.2 Å². The van der Waals surface area contributed by atoms with E-state index < -0.39 is 11.7 Å². The number of ether oxygens (including phenoxy) is 1. The van der Waals surface area contributed by atoms with Crippen LogP contribution in [0.1, 0.15) is 36.8 Å². The van der Waals surface area contributed by atoms with E-state index in [-0.39, 0.29) is 5.54 Å². The quantitative estimate of drug-likeness (QED) is 0.786. The van der Waals surface area contributed by atoms with E-state index in [1.807, 2.05) is 7.05 Å². The molecule has 3 aliphatic heterocycles. The predicted octanol–water partition coefficient (Wildman–Crippen LogP) is 3.96. The van der Waals surface area contributed by atoms with Crippen molar-refractivity contribution < 1.29 is 17.9 Å². The minimum Gasteiger partial charge on any atom is -0.381 e. The zero-order valence-electron chi connectivity index (χ0n) is 15.3. The highest BCUT2D eigenvalue weighted by Crippen LogP contribution is 2.45. The maximum atomic E-state index is 13.1. The summed E-state index contributed by atoms with van der Waals surface area (Å²) in [6.07, 6.45) is 0.909. The molecule has 0 aromatic heterocycles. The van der Waals surface area contributed by atoms with Crippen molar-refractivity contribution in [2.45, 2.75) is 43.8 Å². The maximum absolute atomic E-state index is 13.1. The molecule has 144 valence electrons. The number of fused-ring (bicyclic) bond motifs is 1. The van der Waals surface area contributed by atoms with Crippen LogP contribution in [0.3, 0.4) is 0 Å². The summed E-state index contributed by atoms with van der Waals surface area (Å²) in [4.78, 5) is 4.67. The molecule has 3 heterocycles. The molecule has 0 unspecified atom stereocenters. The Labute approximate surface area is 153 Å². The highest BCUT2D eigenvalue weighted by Gasteiger charge is 2.45. The van der Waals surface area contributed by atoms with E-state index in [2.05, 4.69) is 9.80 Å². The Hall–Kier alpha value is -1.27. The average molecular weight is 368 g/mol. The van der Waals surface area contributed by atoms with Gasteiger partial charge in [0.25, 0.3) is 0 Å². The Kier molecular flexibility index (Phi) is 4.68. The number of likely N-dealkylation sites (N-methyl/N-ethyl adjacent to an activating group) is 1. The van der Waals surface area contributed by atoms with E-state index in [9.17, 15) is 13.2 Å². The van der Waals surface area contributed by atoms with Crippen molar-refractivity contribution in [2.24, 2.45) is 5.92 Å². The van der Waals surface area contributed by atoms with Gasteiger partial charge < -0.3 is 14.5 Å². The van der Waals surface area contributed by atoms with Crippen molar-refractivity contribution in [3.05, 3.63) is 29.3 Å². The molecule has 0 aliphatic carbocycles. The van der Waals surface area contributed by atoms with E-state index in [1.165, 1.54) is 12.1 Å². The molecule has 0 N–H and O–H groups in total. The average Bonchev–Trinajstić information content (AvgIpc) is 2.89. The highest BCUT2D eigenvalue weighted by molar-refractivity contribution is 5.63. The summed E-state index contributed by atoms with van der Waals surface area (Å²) in [5.74, 6) is 0.727. The van der Waals surface area contributed by atoms with Gasteiger partial charge in [-0.25, -0.2) is 0 Å². The van der Waals surface area contributed by atoms with E-state index in [0.717, 1.165) is 82.1 Å². The summed E-state index contributed by atoms with van der Waals surface area (Å²) in [5.41, 5.74) is 1.26. The van der Waals surface area contributed by atoms with Crippen molar-refractivity contribution >= 4 is 5.69 Å². The van der Waals surface area contributed by atoms with E-state index >= 15 is 0 Å². The molecular weight excluding hydrogens is 341 g/mol. The third-order valence-electron chi connectivity index (χ3n) is 6.65. The lowest BCUT2D eigenvalue weighted by atomic mass is 9.83. The topological polar surface area (TPSA) is 15.7 Å². The van der Waals surface area contributed by atoms with Crippen molar-refractivity contribution in [2.75, 3.05) is 44.8 Å². The molecular formula is C20H27F3N2O. The monoisotopic (exact) mass is 368 g/mol. The fraction of sp³-hybridized carbons (Fsp3) is 0.700. The Balaban J connectivity index is 1.42. The first-order chi connectivity index (χ1) is 12.4. The summed E-state index contributed by atoms with van der Waals surface area (Å²) >= 11 is 0. The predicted molar refractivity (Wildman–Crippen MR) is 95.5 cm³/mol. The number of alkyl halides is 3. The minimum atomic E-state index is -4.28. The largest absolute Gasteiger partial charge is 0.416 e. The van der Waals surface area contributed by atoms with Gasteiger partial charge in [-0.15, -0.1) is 0 Å². The lowest BCUT2D eigenvalue weighted by Crippen LogP contribution is -2.53. The lowest BCUT2D eigenvalue weighted by molar-refractivity contribution is -0.137. The smallest absolute Gasteiger partial charge is 0.381 e. The second-order valence-electron chi connectivity index (χ2n) is 8.16. The van der Waals surface area contributed by atoms with Crippen LogP contribution in [0.4, 0.5) is 18.9 Å². The summed E-state index contributed by atoms with van der Waals surface area (Å²) in [7, 11) is 1.97. The number of likely N-dealkylation sites (tertiary alicyclic amines) is 1. The summed E-state index contributed by atoms with van der Waals surface area (Å²) in [5, 5.41) is 0. The minimum absolute atomic E-state index is 0.0151. The van der Waals surface area contributed by atoms with Gasteiger partial charge in [0, 0.05) is 51.1 Å².